The molecule has 1 fully saturated rings. The monoisotopic (exact) mass is 814 g/mol. The van der Waals surface area contributed by atoms with Crippen molar-refractivity contribution in [3.8, 4) is 28.3 Å². The number of aliphatic hydroxyl groups is 1. The molecule has 13 heteroatoms. The van der Waals surface area contributed by atoms with Crippen molar-refractivity contribution in [2.24, 2.45) is 0 Å². The molecule has 2 aromatic heterocycles. The summed E-state index contributed by atoms with van der Waals surface area (Å²) in [5.74, 6) is -1.70. The Hall–Kier alpha value is -6.47. The van der Waals surface area contributed by atoms with Crippen LogP contribution < -0.4 is 20.3 Å². The molecule has 1 aliphatic rings. The lowest BCUT2D eigenvalue weighted by atomic mass is 9.96. The zero-order valence-corrected chi connectivity index (χ0v) is 33.9. The van der Waals surface area contributed by atoms with Crippen molar-refractivity contribution >= 4 is 40.3 Å². The van der Waals surface area contributed by atoms with E-state index in [1.165, 1.54) is 50.0 Å². The minimum Gasteiger partial charge on any atom is -0.494 e. The number of amides is 4. The molecule has 0 unspecified atom stereocenters. The van der Waals surface area contributed by atoms with Crippen molar-refractivity contribution in [3.63, 3.8) is 0 Å². The molecular formula is C47H48F2N6O5. The molecule has 1 saturated heterocycles. The standard InChI is InChI=1S/C47H48F2N6O5/c1-29-37(24-33(48)25-40(29)53-45(57)36-19-18-32(23-39(36)49)47(2,3)59)43-38-27-41(52-44(38)51-28-50-43)31-16-14-30(15-17-31)11-8-6-4-5-7-9-22-60-35-13-10-12-34(26-35)55-21-20-42(56)54-46(55)58/h10,12-19,23-28,59H,4-9,11,20-22H2,1-3H3,(H,53,57)(H,50,51,52)(H,54,56,58). The van der Waals surface area contributed by atoms with E-state index >= 15 is 4.39 Å². The van der Waals surface area contributed by atoms with E-state index in [9.17, 15) is 23.9 Å². The first-order valence-corrected chi connectivity index (χ1v) is 20.3. The van der Waals surface area contributed by atoms with E-state index in [4.69, 9.17) is 4.74 Å². The molecule has 310 valence electrons. The second-order valence-electron chi connectivity index (χ2n) is 15.7. The van der Waals surface area contributed by atoms with Gasteiger partial charge in [0.15, 0.2) is 0 Å². The van der Waals surface area contributed by atoms with Gasteiger partial charge in [0, 0.05) is 47.1 Å². The Balaban J connectivity index is 0.896. The molecule has 4 aromatic carbocycles. The van der Waals surface area contributed by atoms with Gasteiger partial charge in [0.2, 0.25) is 5.91 Å². The fraction of sp³-hybridized carbons (Fsp3) is 0.298. The van der Waals surface area contributed by atoms with E-state index in [1.54, 1.807) is 11.8 Å². The van der Waals surface area contributed by atoms with Crippen molar-refractivity contribution in [3.05, 3.63) is 125 Å². The number of halogens is 2. The Morgan fingerprint density at radius 1 is 0.917 bits per heavy atom. The third kappa shape index (κ3) is 9.86. The van der Waals surface area contributed by atoms with Gasteiger partial charge in [-0.3, -0.25) is 19.8 Å². The van der Waals surface area contributed by atoms with Gasteiger partial charge in [0.05, 0.1) is 23.5 Å². The number of H-pyrrole nitrogens is 1. The highest BCUT2D eigenvalue weighted by atomic mass is 19.1. The van der Waals surface area contributed by atoms with E-state index in [1.807, 2.05) is 30.3 Å². The number of carbonyl (C=O) groups excluding carboxylic acids is 3. The SMILES string of the molecule is Cc1c(NC(=O)c2ccc(C(C)(C)O)cc2F)cc(F)cc1-c1ncnc2[nH]c(-c3ccc(CCCCCCCCOc4cccc(N5CCC(=O)NC5=O)c4)cc3)cc12. The van der Waals surface area contributed by atoms with Crippen LogP contribution in [-0.4, -0.2) is 51.1 Å². The highest BCUT2D eigenvalue weighted by molar-refractivity contribution is 6.06. The molecule has 0 radical (unpaired) electrons. The molecule has 7 rings (SSSR count). The van der Waals surface area contributed by atoms with Crippen LogP contribution in [0.5, 0.6) is 5.75 Å². The highest BCUT2D eigenvalue weighted by Crippen LogP contribution is 2.35. The Bertz CT molecular complexity index is 2530. The third-order valence-corrected chi connectivity index (χ3v) is 10.8. The van der Waals surface area contributed by atoms with E-state index in [0.29, 0.717) is 58.0 Å². The number of carbonyl (C=O) groups is 3. The highest BCUT2D eigenvalue weighted by Gasteiger charge is 2.25. The largest absolute Gasteiger partial charge is 0.494 e. The Kier molecular flexibility index (Phi) is 12.6. The van der Waals surface area contributed by atoms with Crippen LogP contribution in [-0.2, 0) is 16.8 Å². The number of fused-ring (bicyclic) bond motifs is 1. The van der Waals surface area contributed by atoms with Crippen molar-refractivity contribution < 1.29 is 33.0 Å². The zero-order valence-electron chi connectivity index (χ0n) is 33.9. The van der Waals surface area contributed by atoms with Crippen molar-refractivity contribution in [1.29, 1.82) is 0 Å². The van der Waals surface area contributed by atoms with Gasteiger partial charge in [0.25, 0.3) is 5.91 Å². The van der Waals surface area contributed by atoms with E-state index in [0.717, 1.165) is 62.3 Å². The van der Waals surface area contributed by atoms with Gasteiger partial charge in [-0.15, -0.1) is 0 Å². The summed E-state index contributed by atoms with van der Waals surface area (Å²) < 4.78 is 36.0. The first kappa shape index (κ1) is 41.7. The Morgan fingerprint density at radius 3 is 2.43 bits per heavy atom. The molecule has 0 spiro atoms. The van der Waals surface area contributed by atoms with Gasteiger partial charge in [-0.05, 0) is 105 Å². The molecular weight excluding hydrogens is 767 g/mol. The number of ether oxygens (including phenoxy) is 1. The molecule has 11 nitrogen and oxygen atoms in total. The number of anilines is 2. The lowest BCUT2D eigenvalue weighted by Gasteiger charge is -2.26. The maximum Gasteiger partial charge on any atom is 0.328 e. The minimum absolute atomic E-state index is 0.177. The number of nitrogens with zero attached hydrogens (tertiary/aromatic N) is 3. The van der Waals surface area contributed by atoms with Gasteiger partial charge < -0.3 is 20.1 Å². The van der Waals surface area contributed by atoms with Gasteiger partial charge in [0.1, 0.15) is 29.4 Å². The fourth-order valence-electron chi connectivity index (χ4n) is 7.37. The number of aromatic amines is 1. The first-order valence-electron chi connectivity index (χ1n) is 20.3. The molecule has 0 saturated carbocycles. The molecule has 60 heavy (non-hydrogen) atoms. The molecule has 0 aliphatic carbocycles. The summed E-state index contributed by atoms with van der Waals surface area (Å²) in [5, 5.41) is 15.9. The number of imide groups is 1. The summed E-state index contributed by atoms with van der Waals surface area (Å²) >= 11 is 0. The maximum atomic E-state index is 15.1. The van der Waals surface area contributed by atoms with E-state index < -0.39 is 29.2 Å². The summed E-state index contributed by atoms with van der Waals surface area (Å²) in [6, 6.07) is 23.8. The molecule has 3 heterocycles. The molecule has 0 bridgehead atoms. The average Bonchev–Trinajstić information content (AvgIpc) is 3.66. The van der Waals surface area contributed by atoms with Gasteiger partial charge in [-0.1, -0.05) is 62.1 Å². The minimum atomic E-state index is -1.28. The summed E-state index contributed by atoms with van der Waals surface area (Å²) in [4.78, 5) is 50.6. The fourth-order valence-corrected chi connectivity index (χ4v) is 7.37. The number of urea groups is 1. The smallest absolute Gasteiger partial charge is 0.328 e. The van der Waals surface area contributed by atoms with Crippen LogP contribution in [0, 0.1) is 18.6 Å². The Labute approximate surface area is 347 Å². The zero-order chi connectivity index (χ0) is 42.4. The third-order valence-electron chi connectivity index (χ3n) is 10.8. The van der Waals surface area contributed by atoms with E-state index in [2.05, 4.69) is 49.9 Å². The second-order valence-corrected chi connectivity index (χ2v) is 15.7. The number of unbranched alkanes of at least 4 members (excludes halogenated alkanes) is 5. The van der Waals surface area contributed by atoms with Gasteiger partial charge >= 0.3 is 6.03 Å². The van der Waals surface area contributed by atoms with Crippen LogP contribution in [0.2, 0.25) is 0 Å². The van der Waals surface area contributed by atoms with Crippen molar-refractivity contribution in [1.82, 2.24) is 20.3 Å². The van der Waals surface area contributed by atoms with E-state index in [-0.39, 0.29) is 23.6 Å². The Morgan fingerprint density at radius 2 is 1.68 bits per heavy atom. The van der Waals surface area contributed by atoms with Crippen LogP contribution in [0.25, 0.3) is 33.5 Å². The van der Waals surface area contributed by atoms with Crippen molar-refractivity contribution in [2.75, 3.05) is 23.4 Å². The second kappa shape index (κ2) is 18.2. The van der Waals surface area contributed by atoms with Crippen LogP contribution in [0.1, 0.15) is 85.8 Å². The lowest BCUT2D eigenvalue weighted by molar-refractivity contribution is -0.120. The number of nitrogens with one attached hydrogen (secondary N) is 3. The molecule has 0 atom stereocenters. The number of rotatable bonds is 16. The molecule has 1 aliphatic heterocycles. The van der Waals surface area contributed by atoms with Crippen LogP contribution >= 0.6 is 0 Å². The summed E-state index contributed by atoms with van der Waals surface area (Å²) in [6.07, 6.45) is 9.15. The quantitative estimate of drug-likeness (QED) is 0.0711. The van der Waals surface area contributed by atoms with Gasteiger partial charge in [-0.2, -0.15) is 0 Å². The summed E-state index contributed by atoms with van der Waals surface area (Å²) in [5.41, 5.74) is 4.79. The number of aryl methyl sites for hydroxylation is 1. The van der Waals surface area contributed by atoms with Gasteiger partial charge in [-0.25, -0.2) is 23.5 Å². The number of aromatic nitrogens is 3. The predicted molar refractivity (Wildman–Crippen MR) is 228 cm³/mol. The lowest BCUT2D eigenvalue weighted by Crippen LogP contribution is -2.49. The molecule has 6 aromatic rings. The average molecular weight is 815 g/mol. The normalized spacial score (nSPS) is 13.1. The predicted octanol–water partition coefficient (Wildman–Crippen LogP) is 9.77. The summed E-state index contributed by atoms with van der Waals surface area (Å²) in [6.45, 7) is 5.74. The van der Waals surface area contributed by atoms with Crippen LogP contribution in [0.4, 0.5) is 25.0 Å². The van der Waals surface area contributed by atoms with Crippen LogP contribution in [0.3, 0.4) is 0 Å². The maximum absolute atomic E-state index is 15.1. The van der Waals surface area contributed by atoms with Crippen LogP contribution in [0.15, 0.2) is 91.3 Å². The van der Waals surface area contributed by atoms with Crippen molar-refractivity contribution in [2.45, 2.75) is 77.7 Å². The molecule has 4 N–H and O–H groups in total. The summed E-state index contributed by atoms with van der Waals surface area (Å²) in [7, 11) is 0. The number of hydrogen-bond acceptors (Lipinski definition) is 7. The first-order chi connectivity index (χ1) is 28.8. The molecule has 4 amide bonds. The number of hydrogen-bond donors (Lipinski definition) is 4. The number of benzene rings is 4. The topological polar surface area (TPSA) is 150 Å².